The Bertz CT molecular complexity index is 1200. The van der Waals surface area contributed by atoms with Crippen molar-refractivity contribution < 1.29 is 23.9 Å². The molecule has 10 heteroatoms. The van der Waals surface area contributed by atoms with Crippen molar-refractivity contribution in [2.45, 2.75) is 6.92 Å². The number of thiocarbonyl (C=S) groups is 1. The Hall–Kier alpha value is -4.28. The molecule has 0 heterocycles. The van der Waals surface area contributed by atoms with Crippen LogP contribution in [-0.4, -0.2) is 42.7 Å². The zero-order valence-electron chi connectivity index (χ0n) is 19.6. The molecule has 0 atom stereocenters. The fourth-order valence-corrected chi connectivity index (χ4v) is 3.12. The molecule has 0 aliphatic rings. The van der Waals surface area contributed by atoms with Gasteiger partial charge in [0.15, 0.2) is 5.11 Å². The summed E-state index contributed by atoms with van der Waals surface area (Å²) in [6.07, 6.45) is 0. The van der Waals surface area contributed by atoms with Crippen LogP contribution >= 0.6 is 12.2 Å². The van der Waals surface area contributed by atoms with Gasteiger partial charge in [-0.15, -0.1) is 0 Å². The molecule has 3 rings (SSSR count). The van der Waals surface area contributed by atoms with Crippen molar-refractivity contribution in [3.05, 3.63) is 95.6 Å². The van der Waals surface area contributed by atoms with Gasteiger partial charge in [0.25, 0.3) is 17.7 Å². The summed E-state index contributed by atoms with van der Waals surface area (Å²) in [5, 5.41) is 5.17. The van der Waals surface area contributed by atoms with Gasteiger partial charge in [0.05, 0.1) is 6.61 Å². The SMILES string of the molecule is CCOCCOc1cccc(C(=O)NC(=S)NNC(=O)c2ccc(NC(=O)c3ccccc3)cc2)c1. The van der Waals surface area contributed by atoms with Gasteiger partial charge >= 0.3 is 0 Å². The highest BCUT2D eigenvalue weighted by atomic mass is 32.1. The van der Waals surface area contributed by atoms with Crippen molar-refractivity contribution >= 4 is 40.7 Å². The number of carbonyl (C=O) groups excluding carboxylic acids is 3. The predicted octanol–water partition coefficient (Wildman–Crippen LogP) is 3.30. The molecule has 0 spiro atoms. The molecular weight excluding hydrogens is 480 g/mol. The molecule has 0 unspecified atom stereocenters. The number of benzene rings is 3. The highest BCUT2D eigenvalue weighted by Crippen LogP contribution is 2.14. The Morgan fingerprint density at radius 2 is 1.44 bits per heavy atom. The molecule has 9 nitrogen and oxygen atoms in total. The molecule has 0 saturated heterocycles. The molecule has 3 aromatic rings. The van der Waals surface area contributed by atoms with Crippen LogP contribution in [0.1, 0.15) is 38.0 Å². The lowest BCUT2D eigenvalue weighted by Gasteiger charge is -2.12. The molecule has 0 aromatic heterocycles. The molecule has 0 bridgehead atoms. The summed E-state index contributed by atoms with van der Waals surface area (Å²) in [4.78, 5) is 37.1. The van der Waals surface area contributed by atoms with Crippen molar-refractivity contribution in [2.75, 3.05) is 25.1 Å². The fourth-order valence-electron chi connectivity index (χ4n) is 2.98. The number of carbonyl (C=O) groups is 3. The van der Waals surface area contributed by atoms with E-state index in [9.17, 15) is 14.4 Å². The van der Waals surface area contributed by atoms with Gasteiger partial charge in [0.1, 0.15) is 12.4 Å². The summed E-state index contributed by atoms with van der Waals surface area (Å²) in [5.41, 5.74) is 6.65. The maximum Gasteiger partial charge on any atom is 0.269 e. The number of amides is 3. The number of rotatable bonds is 9. The molecule has 186 valence electrons. The largest absolute Gasteiger partial charge is 0.491 e. The standard InChI is InChI=1S/C26H26N4O5S/c1-2-34-15-16-35-22-10-6-9-20(17-22)24(32)28-26(36)30-29-25(33)19-11-13-21(14-12-19)27-23(31)18-7-4-3-5-8-18/h3-14,17H,2,15-16H2,1H3,(H,27,31)(H,29,33)(H2,28,30,32,36). The number of hydrogen-bond donors (Lipinski definition) is 4. The third kappa shape index (κ3) is 8.19. The minimum atomic E-state index is -0.475. The molecule has 3 amide bonds. The van der Waals surface area contributed by atoms with Gasteiger partial charge < -0.3 is 14.8 Å². The number of hydrogen-bond acceptors (Lipinski definition) is 6. The molecule has 4 N–H and O–H groups in total. The maximum atomic E-state index is 12.5. The first-order valence-electron chi connectivity index (χ1n) is 11.1. The third-order valence-corrected chi connectivity index (χ3v) is 4.96. The van der Waals surface area contributed by atoms with Crippen molar-refractivity contribution in [1.29, 1.82) is 0 Å². The van der Waals surface area contributed by atoms with Crippen molar-refractivity contribution in [2.24, 2.45) is 0 Å². The lowest BCUT2D eigenvalue weighted by atomic mass is 10.1. The maximum absolute atomic E-state index is 12.5. The van der Waals surface area contributed by atoms with E-state index in [4.69, 9.17) is 21.7 Å². The molecule has 0 radical (unpaired) electrons. The number of anilines is 1. The van der Waals surface area contributed by atoms with Gasteiger partial charge in [-0.3, -0.25) is 30.6 Å². The van der Waals surface area contributed by atoms with Gasteiger partial charge in [-0.05, 0) is 73.7 Å². The van der Waals surface area contributed by atoms with Crippen LogP contribution < -0.4 is 26.2 Å². The van der Waals surface area contributed by atoms with Crippen molar-refractivity contribution in [1.82, 2.24) is 16.2 Å². The van der Waals surface area contributed by atoms with Crippen LogP contribution in [0.4, 0.5) is 5.69 Å². The van der Waals surface area contributed by atoms with Gasteiger partial charge in [-0.1, -0.05) is 24.3 Å². The van der Waals surface area contributed by atoms with E-state index in [0.717, 1.165) is 0 Å². The van der Waals surface area contributed by atoms with E-state index < -0.39 is 11.8 Å². The van der Waals surface area contributed by atoms with E-state index in [-0.39, 0.29) is 11.0 Å². The normalized spacial score (nSPS) is 10.1. The average Bonchev–Trinajstić information content (AvgIpc) is 2.91. The second-order valence-electron chi connectivity index (χ2n) is 7.33. The van der Waals surface area contributed by atoms with E-state index in [1.54, 1.807) is 72.8 Å². The van der Waals surface area contributed by atoms with Crippen LogP contribution in [0.25, 0.3) is 0 Å². The minimum Gasteiger partial charge on any atom is -0.491 e. The van der Waals surface area contributed by atoms with Gasteiger partial charge in [-0.25, -0.2) is 0 Å². The molecule has 3 aromatic carbocycles. The van der Waals surface area contributed by atoms with E-state index >= 15 is 0 Å². The number of nitrogens with one attached hydrogen (secondary N) is 4. The molecule has 0 aliphatic carbocycles. The molecule has 36 heavy (non-hydrogen) atoms. The van der Waals surface area contributed by atoms with Crippen LogP contribution in [0.5, 0.6) is 5.75 Å². The van der Waals surface area contributed by atoms with E-state index in [1.807, 2.05) is 13.0 Å². The van der Waals surface area contributed by atoms with E-state index in [2.05, 4.69) is 21.5 Å². The number of hydrazine groups is 1. The molecular formula is C26H26N4O5S. The van der Waals surface area contributed by atoms with Crippen LogP contribution in [0.3, 0.4) is 0 Å². The second kappa shape index (κ2) is 13.6. The minimum absolute atomic E-state index is 0.0808. The fraction of sp³-hybridized carbons (Fsp3) is 0.154. The monoisotopic (exact) mass is 506 g/mol. The third-order valence-electron chi connectivity index (χ3n) is 4.75. The highest BCUT2D eigenvalue weighted by molar-refractivity contribution is 7.80. The topological polar surface area (TPSA) is 118 Å². The molecule has 0 fully saturated rings. The summed E-state index contributed by atoms with van der Waals surface area (Å²) < 4.78 is 10.8. The average molecular weight is 507 g/mol. The summed E-state index contributed by atoms with van der Waals surface area (Å²) in [6.45, 7) is 3.32. The summed E-state index contributed by atoms with van der Waals surface area (Å²) in [7, 11) is 0. The Morgan fingerprint density at radius 3 is 2.17 bits per heavy atom. The van der Waals surface area contributed by atoms with Crippen LogP contribution in [-0.2, 0) is 4.74 Å². The molecule has 0 aliphatic heterocycles. The first-order valence-corrected chi connectivity index (χ1v) is 11.6. The van der Waals surface area contributed by atoms with E-state index in [0.29, 0.717) is 47.9 Å². The van der Waals surface area contributed by atoms with Crippen LogP contribution in [0.15, 0.2) is 78.9 Å². The van der Waals surface area contributed by atoms with Crippen molar-refractivity contribution in [3.8, 4) is 5.75 Å². The number of ether oxygens (including phenoxy) is 2. The Morgan fingerprint density at radius 1 is 0.750 bits per heavy atom. The highest BCUT2D eigenvalue weighted by Gasteiger charge is 2.11. The van der Waals surface area contributed by atoms with Gasteiger partial charge in [-0.2, -0.15) is 0 Å². The van der Waals surface area contributed by atoms with E-state index in [1.165, 1.54) is 0 Å². The zero-order chi connectivity index (χ0) is 25.8. The summed E-state index contributed by atoms with van der Waals surface area (Å²) >= 11 is 5.09. The predicted molar refractivity (Wildman–Crippen MR) is 140 cm³/mol. The first-order chi connectivity index (χ1) is 17.5. The quantitative estimate of drug-likeness (QED) is 0.200. The van der Waals surface area contributed by atoms with Gasteiger partial charge in [0, 0.05) is 29.0 Å². The lowest BCUT2D eigenvalue weighted by molar-refractivity contribution is 0.0934. The van der Waals surface area contributed by atoms with Crippen LogP contribution in [0, 0.1) is 0 Å². The molecule has 0 saturated carbocycles. The summed E-state index contributed by atoms with van der Waals surface area (Å²) in [5.74, 6) is -0.663. The lowest BCUT2D eigenvalue weighted by Crippen LogP contribution is -2.48. The first kappa shape index (κ1) is 26.3. The zero-order valence-corrected chi connectivity index (χ0v) is 20.4. The van der Waals surface area contributed by atoms with Crippen molar-refractivity contribution in [3.63, 3.8) is 0 Å². The Kier molecular flexibility index (Phi) is 9.92. The smallest absolute Gasteiger partial charge is 0.269 e. The van der Waals surface area contributed by atoms with Gasteiger partial charge in [0.2, 0.25) is 0 Å². The second-order valence-corrected chi connectivity index (χ2v) is 7.74. The Labute approximate surface area is 214 Å². The van der Waals surface area contributed by atoms with Crippen LogP contribution in [0.2, 0.25) is 0 Å². The Balaban J connectivity index is 1.45. The summed E-state index contributed by atoms with van der Waals surface area (Å²) in [6, 6.07) is 21.7.